The highest BCUT2D eigenvalue weighted by Gasteiger charge is 2.37. The second-order valence-corrected chi connectivity index (χ2v) is 6.78. The number of amidine groups is 1. The predicted octanol–water partition coefficient (Wildman–Crippen LogP) is 4.55. The fourth-order valence-electron chi connectivity index (χ4n) is 3.69. The summed E-state index contributed by atoms with van der Waals surface area (Å²) in [5.41, 5.74) is 4.08. The Kier molecular flexibility index (Phi) is 4.13. The van der Waals surface area contributed by atoms with Crippen LogP contribution in [0.1, 0.15) is 28.4 Å². The average Bonchev–Trinajstić information content (AvgIpc) is 3.19. The molecule has 1 atom stereocenters. The van der Waals surface area contributed by atoms with Gasteiger partial charge in [-0.3, -0.25) is 14.9 Å². The molecule has 0 radical (unpaired) electrons. The molecule has 0 amide bonds. The summed E-state index contributed by atoms with van der Waals surface area (Å²) in [6.07, 6.45) is 3.80. The summed E-state index contributed by atoms with van der Waals surface area (Å²) >= 11 is 0. The van der Waals surface area contributed by atoms with Gasteiger partial charge in [0.15, 0.2) is 5.88 Å². The van der Waals surface area contributed by atoms with Gasteiger partial charge in [0.2, 0.25) is 0 Å². The molecule has 2 aliphatic rings. The van der Waals surface area contributed by atoms with E-state index in [1.165, 1.54) is 17.7 Å². The fourth-order valence-corrected chi connectivity index (χ4v) is 3.69. The molecular formula is C23H18FN3O. The Bertz CT molecular complexity index is 1060. The van der Waals surface area contributed by atoms with Gasteiger partial charge < -0.3 is 4.74 Å². The van der Waals surface area contributed by atoms with E-state index in [2.05, 4.69) is 22.0 Å². The highest BCUT2D eigenvalue weighted by Crippen LogP contribution is 2.39. The van der Waals surface area contributed by atoms with E-state index in [0.29, 0.717) is 13.2 Å². The summed E-state index contributed by atoms with van der Waals surface area (Å²) < 4.78 is 19.6. The third kappa shape index (κ3) is 2.95. The number of aliphatic imine (C=N–C) groups is 1. The SMILES string of the molecule is Fc1ccc(C2=NCC3c4ccccc4C=C(OCc4ccccn4)N23)cc1. The topological polar surface area (TPSA) is 37.7 Å². The zero-order valence-electron chi connectivity index (χ0n) is 15.1. The van der Waals surface area contributed by atoms with Crippen molar-refractivity contribution in [3.63, 3.8) is 0 Å². The molecule has 0 aliphatic carbocycles. The quantitative estimate of drug-likeness (QED) is 0.675. The van der Waals surface area contributed by atoms with Gasteiger partial charge >= 0.3 is 0 Å². The normalized spacial score (nSPS) is 17.5. The van der Waals surface area contributed by atoms with Crippen LogP contribution in [0, 0.1) is 5.82 Å². The smallest absolute Gasteiger partial charge is 0.196 e. The van der Waals surface area contributed by atoms with E-state index < -0.39 is 0 Å². The molecule has 0 fully saturated rings. The van der Waals surface area contributed by atoms with E-state index in [-0.39, 0.29) is 11.9 Å². The van der Waals surface area contributed by atoms with Crippen molar-refractivity contribution in [3.8, 4) is 0 Å². The van der Waals surface area contributed by atoms with E-state index in [4.69, 9.17) is 9.73 Å². The molecule has 2 aromatic carbocycles. The molecule has 0 bridgehead atoms. The monoisotopic (exact) mass is 371 g/mol. The van der Waals surface area contributed by atoms with Crippen molar-refractivity contribution in [2.45, 2.75) is 12.6 Å². The van der Waals surface area contributed by atoms with Gasteiger partial charge in [-0.15, -0.1) is 0 Å². The number of hydrogen-bond acceptors (Lipinski definition) is 4. The number of benzene rings is 2. The fraction of sp³-hybridized carbons (Fsp3) is 0.130. The molecule has 1 unspecified atom stereocenters. The number of nitrogens with zero attached hydrogens (tertiary/aromatic N) is 3. The maximum absolute atomic E-state index is 13.4. The molecule has 2 aliphatic heterocycles. The minimum Gasteiger partial charge on any atom is -0.472 e. The lowest BCUT2D eigenvalue weighted by atomic mass is 9.96. The summed E-state index contributed by atoms with van der Waals surface area (Å²) in [5.74, 6) is 1.27. The molecular weight excluding hydrogens is 353 g/mol. The van der Waals surface area contributed by atoms with Crippen LogP contribution in [0.5, 0.6) is 0 Å². The minimum absolute atomic E-state index is 0.0694. The van der Waals surface area contributed by atoms with Crippen molar-refractivity contribution in [2.75, 3.05) is 6.54 Å². The highest BCUT2D eigenvalue weighted by molar-refractivity contribution is 6.02. The molecule has 138 valence electrons. The molecule has 0 spiro atoms. The highest BCUT2D eigenvalue weighted by atomic mass is 19.1. The van der Waals surface area contributed by atoms with Crippen molar-refractivity contribution >= 4 is 11.9 Å². The summed E-state index contributed by atoms with van der Waals surface area (Å²) in [6.45, 7) is 1.00. The number of halogens is 1. The van der Waals surface area contributed by atoms with Crippen molar-refractivity contribution in [2.24, 2.45) is 4.99 Å². The van der Waals surface area contributed by atoms with Crippen LogP contribution < -0.4 is 0 Å². The van der Waals surface area contributed by atoms with Crippen LogP contribution in [0.2, 0.25) is 0 Å². The van der Waals surface area contributed by atoms with Crippen LogP contribution in [0.4, 0.5) is 4.39 Å². The number of hydrogen-bond donors (Lipinski definition) is 0. The summed E-state index contributed by atoms with van der Waals surface area (Å²) in [4.78, 5) is 11.2. The third-order valence-electron chi connectivity index (χ3n) is 5.02. The van der Waals surface area contributed by atoms with Gasteiger partial charge in [-0.25, -0.2) is 4.39 Å². The number of fused-ring (bicyclic) bond motifs is 3. The van der Waals surface area contributed by atoms with Gasteiger partial charge in [0.25, 0.3) is 0 Å². The van der Waals surface area contributed by atoms with E-state index in [0.717, 1.165) is 28.5 Å². The molecule has 0 saturated carbocycles. The second kappa shape index (κ2) is 6.93. The van der Waals surface area contributed by atoms with E-state index >= 15 is 0 Å². The Morgan fingerprint density at radius 1 is 1.00 bits per heavy atom. The van der Waals surface area contributed by atoms with Crippen LogP contribution in [0.3, 0.4) is 0 Å². The third-order valence-corrected chi connectivity index (χ3v) is 5.02. The lowest BCUT2D eigenvalue weighted by molar-refractivity contribution is 0.123. The Hall–Kier alpha value is -3.47. The Morgan fingerprint density at radius 3 is 2.64 bits per heavy atom. The van der Waals surface area contributed by atoms with E-state index in [1.807, 2.05) is 36.4 Å². The first-order valence-corrected chi connectivity index (χ1v) is 9.22. The van der Waals surface area contributed by atoms with Gasteiger partial charge in [0.1, 0.15) is 18.3 Å². The molecule has 0 saturated heterocycles. The first-order valence-electron chi connectivity index (χ1n) is 9.22. The maximum Gasteiger partial charge on any atom is 0.196 e. The first-order chi connectivity index (χ1) is 13.8. The second-order valence-electron chi connectivity index (χ2n) is 6.78. The molecule has 1 aromatic heterocycles. The molecule has 5 rings (SSSR count). The van der Waals surface area contributed by atoms with Crippen molar-refractivity contribution in [1.29, 1.82) is 0 Å². The Balaban J connectivity index is 1.51. The number of ether oxygens (including phenoxy) is 1. The average molecular weight is 371 g/mol. The summed E-state index contributed by atoms with van der Waals surface area (Å²) in [5, 5.41) is 0. The molecule has 5 heteroatoms. The molecule has 3 heterocycles. The zero-order valence-corrected chi connectivity index (χ0v) is 15.1. The number of rotatable bonds is 4. The largest absolute Gasteiger partial charge is 0.472 e. The van der Waals surface area contributed by atoms with Crippen LogP contribution >= 0.6 is 0 Å². The predicted molar refractivity (Wildman–Crippen MR) is 106 cm³/mol. The zero-order chi connectivity index (χ0) is 18.9. The van der Waals surface area contributed by atoms with Crippen LogP contribution in [0.25, 0.3) is 6.08 Å². The molecule has 3 aromatic rings. The van der Waals surface area contributed by atoms with Crippen molar-refractivity contribution in [1.82, 2.24) is 9.88 Å². The summed E-state index contributed by atoms with van der Waals surface area (Å²) in [7, 11) is 0. The maximum atomic E-state index is 13.4. The van der Waals surface area contributed by atoms with Gasteiger partial charge in [0, 0.05) is 17.8 Å². The van der Waals surface area contributed by atoms with Gasteiger partial charge in [-0.2, -0.15) is 0 Å². The van der Waals surface area contributed by atoms with Gasteiger partial charge in [-0.1, -0.05) is 30.3 Å². The van der Waals surface area contributed by atoms with Crippen LogP contribution in [0.15, 0.2) is 83.8 Å². The number of aromatic nitrogens is 1. The lowest BCUT2D eigenvalue weighted by Crippen LogP contribution is -2.34. The van der Waals surface area contributed by atoms with Crippen LogP contribution in [-0.4, -0.2) is 22.3 Å². The van der Waals surface area contributed by atoms with Crippen LogP contribution in [-0.2, 0) is 11.3 Å². The van der Waals surface area contributed by atoms with Gasteiger partial charge in [-0.05, 0) is 47.5 Å². The van der Waals surface area contributed by atoms with E-state index in [1.54, 1.807) is 18.3 Å². The van der Waals surface area contributed by atoms with Crippen molar-refractivity contribution in [3.05, 3.63) is 107 Å². The Labute approximate surface area is 162 Å². The van der Waals surface area contributed by atoms with Crippen molar-refractivity contribution < 1.29 is 9.13 Å². The summed E-state index contributed by atoms with van der Waals surface area (Å²) in [6, 6.07) is 20.6. The molecule has 0 N–H and O–H groups in total. The molecule has 4 nitrogen and oxygen atoms in total. The van der Waals surface area contributed by atoms with Gasteiger partial charge in [0.05, 0.1) is 18.3 Å². The Morgan fingerprint density at radius 2 is 1.82 bits per heavy atom. The van der Waals surface area contributed by atoms with E-state index in [9.17, 15) is 4.39 Å². The number of pyridine rings is 1. The minimum atomic E-state index is -0.259. The molecule has 28 heavy (non-hydrogen) atoms. The first kappa shape index (κ1) is 16.7. The standard InChI is InChI=1S/C23H18FN3O/c24-18-10-8-16(9-11-18)23-26-14-21-20-7-2-1-5-17(20)13-22(27(21)23)28-15-19-6-3-4-12-25-19/h1-13,21H,14-15H2. The lowest BCUT2D eigenvalue weighted by Gasteiger charge is -2.34.